The first-order valence-corrected chi connectivity index (χ1v) is 43.1. The monoisotopic (exact) mass is 1670 g/mol. The van der Waals surface area contributed by atoms with Gasteiger partial charge in [0.05, 0.1) is 46.7 Å². The van der Waals surface area contributed by atoms with E-state index in [1.54, 1.807) is 19.2 Å². The van der Waals surface area contributed by atoms with Crippen LogP contribution in [-0.2, 0) is 52.4 Å². The van der Waals surface area contributed by atoms with Crippen LogP contribution in [0.2, 0.25) is 0 Å². The molecule has 25 heteroatoms. The van der Waals surface area contributed by atoms with Gasteiger partial charge in [0.15, 0.2) is 0 Å². The number of hydrogen-bond acceptors (Lipinski definition) is 17. The molecule has 1 atom stereocenters. The molecule has 8 amide bonds. The third kappa shape index (κ3) is 27.1. The van der Waals surface area contributed by atoms with Crippen LogP contribution < -0.4 is 56.7 Å². The molecule has 3 aliphatic carbocycles. The molecule has 648 valence electrons. The number of methoxy groups -OCH3 is 2. The Morgan fingerprint density at radius 1 is 0.344 bits per heavy atom. The highest BCUT2D eigenvalue weighted by Gasteiger charge is 2.36. The van der Waals surface area contributed by atoms with Crippen molar-refractivity contribution in [3.05, 3.63) is 233 Å². The van der Waals surface area contributed by atoms with Gasteiger partial charge < -0.3 is 85.2 Å². The number of benzene rings is 8. The first-order chi connectivity index (χ1) is 59.7. The maximum atomic E-state index is 14.5. The number of hydrogen-bond donors (Lipinski definition) is 8. The average Bonchev–Trinajstić information content (AvgIpc) is 1.62. The third-order valence-corrected chi connectivity index (χ3v) is 22.1. The van der Waals surface area contributed by atoms with Crippen molar-refractivity contribution in [1.82, 2.24) is 42.5 Å². The van der Waals surface area contributed by atoms with E-state index in [1.807, 2.05) is 110 Å². The summed E-state index contributed by atoms with van der Waals surface area (Å²) < 4.78 is 53.2. The molecule has 8 aromatic carbocycles. The highest BCUT2D eigenvalue weighted by atomic mass is 16.6. The number of unbranched alkanes of at least 4 members (excludes halogenated alkanes) is 6. The Labute approximate surface area is 715 Å². The van der Waals surface area contributed by atoms with Crippen molar-refractivity contribution in [1.29, 1.82) is 0 Å². The van der Waals surface area contributed by atoms with Crippen LogP contribution in [-0.4, -0.2) is 173 Å². The molecule has 122 heavy (non-hydrogen) atoms. The van der Waals surface area contributed by atoms with Crippen molar-refractivity contribution >= 4 is 47.8 Å². The van der Waals surface area contributed by atoms with E-state index in [1.165, 1.54) is 7.11 Å². The van der Waals surface area contributed by atoms with E-state index in [0.29, 0.717) is 165 Å². The number of nitrogens with one attached hydrogen (secondary N) is 8. The summed E-state index contributed by atoms with van der Waals surface area (Å²) in [6, 6.07) is 61.1. The number of alkyl carbamates (subject to hydrolysis) is 3. The summed E-state index contributed by atoms with van der Waals surface area (Å²) in [5, 5.41) is 23.8. The molecular formula is C97H118N8O17. The fourth-order valence-electron chi connectivity index (χ4n) is 15.9. The molecule has 0 saturated heterocycles. The fourth-order valence-corrected chi connectivity index (χ4v) is 15.9. The molecule has 8 aromatic rings. The highest BCUT2D eigenvalue weighted by molar-refractivity contribution is 5.86. The average molecular weight is 1670 g/mol. The van der Waals surface area contributed by atoms with Crippen LogP contribution in [0.15, 0.2) is 188 Å². The zero-order valence-corrected chi connectivity index (χ0v) is 70.5. The van der Waals surface area contributed by atoms with Crippen molar-refractivity contribution in [2.45, 2.75) is 145 Å². The van der Waals surface area contributed by atoms with Crippen LogP contribution in [0.25, 0.3) is 33.4 Å². The largest absolute Gasteiger partial charge is 0.497 e. The minimum Gasteiger partial charge on any atom is -0.497 e. The predicted octanol–water partition coefficient (Wildman–Crippen LogP) is 14.8. The van der Waals surface area contributed by atoms with E-state index in [0.717, 1.165) is 72.3 Å². The van der Waals surface area contributed by atoms with Gasteiger partial charge in [0.1, 0.15) is 42.6 Å². The Balaban J connectivity index is 0.648. The summed E-state index contributed by atoms with van der Waals surface area (Å²) in [6.07, 6.45) is 6.19. The lowest BCUT2D eigenvalue weighted by atomic mass is 9.97. The highest BCUT2D eigenvalue weighted by Crippen LogP contribution is 2.47. The van der Waals surface area contributed by atoms with Gasteiger partial charge in [-0.2, -0.15) is 0 Å². The molecule has 8 N–H and O–H groups in total. The number of rotatable bonds is 53. The van der Waals surface area contributed by atoms with E-state index in [-0.39, 0.29) is 108 Å². The summed E-state index contributed by atoms with van der Waals surface area (Å²) in [7, 11) is 3.09. The molecule has 3 aliphatic rings. The number of carbonyl (C=O) groups excluding carboxylic acids is 8. The van der Waals surface area contributed by atoms with E-state index >= 15 is 0 Å². The molecule has 0 aliphatic heterocycles. The smallest absolute Gasteiger partial charge is 0.407 e. The van der Waals surface area contributed by atoms with Gasteiger partial charge in [-0.15, -0.1) is 0 Å². The lowest BCUT2D eigenvalue weighted by molar-refractivity contribution is -0.130. The quantitative estimate of drug-likeness (QED) is 0.0130. The minimum atomic E-state index is -1.33. The van der Waals surface area contributed by atoms with Crippen LogP contribution in [0.4, 0.5) is 14.4 Å². The molecule has 25 nitrogen and oxygen atoms in total. The van der Waals surface area contributed by atoms with Gasteiger partial charge in [-0.1, -0.05) is 177 Å². The van der Waals surface area contributed by atoms with E-state index < -0.39 is 41.7 Å². The molecular weight excluding hydrogens is 1550 g/mol. The van der Waals surface area contributed by atoms with Gasteiger partial charge >= 0.3 is 18.3 Å². The Morgan fingerprint density at radius 3 is 1.02 bits per heavy atom. The predicted molar refractivity (Wildman–Crippen MR) is 467 cm³/mol. The molecule has 0 bridgehead atoms. The normalized spacial score (nSPS) is 12.5. The zero-order valence-electron chi connectivity index (χ0n) is 70.5. The fraction of sp³-hybridized carbons (Fsp3) is 0.423. The second kappa shape index (κ2) is 48.6. The van der Waals surface area contributed by atoms with E-state index in [2.05, 4.69) is 115 Å². The van der Waals surface area contributed by atoms with Gasteiger partial charge in [-0.05, 0) is 161 Å². The van der Waals surface area contributed by atoms with Crippen LogP contribution in [0.1, 0.15) is 184 Å². The maximum absolute atomic E-state index is 14.5. The van der Waals surface area contributed by atoms with Crippen molar-refractivity contribution < 1.29 is 81.0 Å². The molecule has 0 heterocycles. The summed E-state index contributed by atoms with van der Waals surface area (Å²) in [4.78, 5) is 106. The minimum absolute atomic E-state index is 0.0415. The topological polar surface area (TPSA) is 316 Å². The summed E-state index contributed by atoms with van der Waals surface area (Å²) >= 11 is 0. The van der Waals surface area contributed by atoms with Crippen molar-refractivity contribution in [2.75, 3.05) is 120 Å². The Kier molecular flexibility index (Phi) is 36.2. The zero-order chi connectivity index (χ0) is 85.5. The first-order valence-electron chi connectivity index (χ1n) is 43.1. The molecule has 0 radical (unpaired) electrons. The van der Waals surface area contributed by atoms with Gasteiger partial charge in [0, 0.05) is 121 Å². The maximum Gasteiger partial charge on any atom is 0.407 e. The van der Waals surface area contributed by atoms with Gasteiger partial charge in [0.25, 0.3) is 0 Å². The van der Waals surface area contributed by atoms with E-state index in [4.69, 9.17) is 42.6 Å². The van der Waals surface area contributed by atoms with Gasteiger partial charge in [0.2, 0.25) is 29.5 Å². The summed E-state index contributed by atoms with van der Waals surface area (Å²) in [5.74, 6) is 0.274. The van der Waals surface area contributed by atoms with Gasteiger partial charge in [-0.25, -0.2) is 14.4 Å². The Morgan fingerprint density at radius 2 is 0.680 bits per heavy atom. The number of ether oxygens (including phenoxy) is 9. The van der Waals surface area contributed by atoms with Crippen LogP contribution in [0.5, 0.6) is 17.2 Å². The first kappa shape index (κ1) is 91.0. The van der Waals surface area contributed by atoms with Crippen LogP contribution in [0, 0.1) is 0 Å². The molecule has 11 rings (SSSR count). The second-order valence-corrected chi connectivity index (χ2v) is 30.9. The van der Waals surface area contributed by atoms with Gasteiger partial charge in [-0.3, -0.25) is 24.0 Å². The standard InChI is InChI=1S/C97H118N8O17/c1-4-119-69-46-44-68(45-47-69)93(83-49-48-70(114-2)61-87(83)115-3)104-91(109)50-51-92(110)105-97(65-116-58-26-55-98-88(106)41-8-5-23-52-101-94(111)120-62-84-77-35-17-11-29-71(77)72-30-12-18-36-78(72)84,66-117-59-27-56-99-89(107)42-9-6-24-53-102-95(112)121-63-85-79-37-19-13-31-73(79)74-32-14-20-38-80(74)85)67-118-60-28-57-100-90(108)43-10-7-25-54-103-96(113)122-64-86-81-39-21-15-33-75(81)76-34-16-22-40-82(76)86/h11-22,29-40,44-49,61,84-86,93H,4-10,23-28,41-43,50-60,62-67H2,1-3H3,(H,98,106)(H,99,107)(H,100,108)(H,101,111)(H,102,112)(H,103,113)(H,104,109)(H,105,110). The second-order valence-electron chi connectivity index (χ2n) is 30.9. The summed E-state index contributed by atoms with van der Waals surface area (Å²) in [5.41, 5.74) is 13.8. The molecule has 0 spiro atoms. The third-order valence-electron chi connectivity index (χ3n) is 22.1. The Bertz CT molecular complexity index is 4240. The molecule has 0 fully saturated rings. The summed E-state index contributed by atoms with van der Waals surface area (Å²) in [6.45, 7) is 5.39. The molecule has 1 unspecified atom stereocenters. The molecule has 0 saturated carbocycles. The lowest BCUT2D eigenvalue weighted by Crippen LogP contribution is -2.58. The number of carbonyl (C=O) groups is 8. The van der Waals surface area contributed by atoms with Crippen molar-refractivity contribution in [2.24, 2.45) is 0 Å². The molecule has 0 aromatic heterocycles. The Hall–Kier alpha value is -11.8. The van der Waals surface area contributed by atoms with Crippen molar-refractivity contribution in [3.8, 4) is 50.6 Å². The van der Waals surface area contributed by atoms with E-state index in [9.17, 15) is 38.4 Å². The van der Waals surface area contributed by atoms with Crippen LogP contribution >= 0.6 is 0 Å². The lowest BCUT2D eigenvalue weighted by Gasteiger charge is -2.34. The van der Waals surface area contributed by atoms with Crippen LogP contribution in [0.3, 0.4) is 0 Å². The van der Waals surface area contributed by atoms with Crippen molar-refractivity contribution in [3.63, 3.8) is 0 Å². The SMILES string of the molecule is CCOc1ccc(C(NC(=O)CCC(=O)NC(COCCCNC(=O)CCCCCNC(=O)OCC2c3ccccc3-c3ccccc32)(COCCCNC(=O)CCCCCNC(=O)OCC2c3ccccc3-c3ccccc32)COCCCNC(=O)CCCCCNC(=O)OCC2c3ccccc3-c3ccccc32)c2ccc(OC)cc2OC)cc1. The number of amides is 8. The number of fused-ring (bicyclic) bond motifs is 9.